The zero-order valence-corrected chi connectivity index (χ0v) is 15.6. The molecule has 7 nitrogen and oxygen atoms in total. The summed E-state index contributed by atoms with van der Waals surface area (Å²) in [5, 5.41) is 5.76. The highest BCUT2D eigenvalue weighted by molar-refractivity contribution is 7.89. The van der Waals surface area contributed by atoms with Gasteiger partial charge in [-0.05, 0) is 48.6 Å². The minimum absolute atomic E-state index is 0.0797. The van der Waals surface area contributed by atoms with Gasteiger partial charge in [-0.15, -0.1) is 11.3 Å². The Kier molecular flexibility index (Phi) is 4.89. The van der Waals surface area contributed by atoms with E-state index in [1.54, 1.807) is 12.1 Å². The van der Waals surface area contributed by atoms with Crippen molar-refractivity contribution in [1.29, 1.82) is 0 Å². The molecule has 0 radical (unpaired) electrons. The molecule has 0 aliphatic heterocycles. The van der Waals surface area contributed by atoms with E-state index in [9.17, 15) is 8.42 Å². The summed E-state index contributed by atoms with van der Waals surface area (Å²) in [6.45, 7) is 3.64. The highest BCUT2D eigenvalue weighted by Crippen LogP contribution is 2.27. The number of sulfonamides is 1. The summed E-state index contributed by atoms with van der Waals surface area (Å²) >= 11 is 1.48. The number of benzene rings is 1. The van der Waals surface area contributed by atoms with Crippen LogP contribution in [-0.4, -0.2) is 25.7 Å². The minimum atomic E-state index is -3.79. The lowest BCUT2D eigenvalue weighted by Crippen LogP contribution is -2.24. The molecule has 0 atom stereocenters. The first-order valence-corrected chi connectivity index (χ1v) is 9.78. The molecule has 25 heavy (non-hydrogen) atoms. The van der Waals surface area contributed by atoms with E-state index in [2.05, 4.69) is 14.9 Å². The van der Waals surface area contributed by atoms with Crippen molar-refractivity contribution < 1.29 is 17.7 Å². The van der Waals surface area contributed by atoms with E-state index < -0.39 is 10.0 Å². The molecule has 2 heterocycles. The Bertz CT molecular complexity index is 979. The molecule has 3 rings (SSSR count). The van der Waals surface area contributed by atoms with Crippen LogP contribution in [0.15, 0.2) is 39.1 Å². The fourth-order valence-corrected chi connectivity index (χ4v) is 4.06. The van der Waals surface area contributed by atoms with Gasteiger partial charge >= 0.3 is 0 Å². The molecule has 3 aromatic rings. The molecule has 9 heteroatoms. The molecule has 0 amide bonds. The predicted molar refractivity (Wildman–Crippen MR) is 94.1 cm³/mol. The van der Waals surface area contributed by atoms with E-state index in [1.807, 2.05) is 31.4 Å². The molecule has 2 aromatic heterocycles. The second-order valence-electron chi connectivity index (χ2n) is 5.40. The largest absolute Gasteiger partial charge is 0.495 e. The van der Waals surface area contributed by atoms with Crippen LogP contribution in [0.4, 0.5) is 0 Å². The van der Waals surface area contributed by atoms with Crippen LogP contribution in [0.25, 0.3) is 10.7 Å². The Morgan fingerprint density at radius 2 is 2.04 bits per heavy atom. The van der Waals surface area contributed by atoms with E-state index in [-0.39, 0.29) is 17.3 Å². The van der Waals surface area contributed by atoms with Crippen LogP contribution in [0.2, 0.25) is 0 Å². The Labute approximate surface area is 149 Å². The average Bonchev–Trinajstić information content (AvgIpc) is 3.26. The average molecular weight is 379 g/mol. The maximum absolute atomic E-state index is 12.6. The number of hydrogen-bond donors (Lipinski definition) is 1. The highest BCUT2D eigenvalue weighted by atomic mass is 32.2. The van der Waals surface area contributed by atoms with Gasteiger partial charge in [0.1, 0.15) is 10.6 Å². The Morgan fingerprint density at radius 3 is 2.72 bits per heavy atom. The van der Waals surface area contributed by atoms with Crippen LogP contribution in [0.3, 0.4) is 0 Å². The molecule has 132 valence electrons. The number of aromatic nitrogens is 2. The molecule has 0 saturated carbocycles. The molecule has 0 bridgehead atoms. The first-order valence-electron chi connectivity index (χ1n) is 7.42. The van der Waals surface area contributed by atoms with Gasteiger partial charge in [0.25, 0.3) is 0 Å². The summed E-state index contributed by atoms with van der Waals surface area (Å²) in [5.41, 5.74) is 1.81. The zero-order valence-electron chi connectivity index (χ0n) is 13.9. The van der Waals surface area contributed by atoms with Crippen molar-refractivity contribution in [2.45, 2.75) is 25.3 Å². The van der Waals surface area contributed by atoms with E-state index in [1.165, 1.54) is 18.4 Å². The topological polar surface area (TPSA) is 94.3 Å². The number of nitrogens with zero attached hydrogens (tertiary/aromatic N) is 2. The summed E-state index contributed by atoms with van der Waals surface area (Å²) in [6.07, 6.45) is 0. The van der Waals surface area contributed by atoms with Crippen molar-refractivity contribution in [1.82, 2.24) is 14.9 Å². The van der Waals surface area contributed by atoms with Gasteiger partial charge in [-0.25, -0.2) is 13.1 Å². The number of ether oxygens (including phenoxy) is 1. The molecular formula is C16H17N3O4S2. The third kappa shape index (κ3) is 3.73. The van der Waals surface area contributed by atoms with E-state index in [0.717, 1.165) is 16.0 Å². The van der Waals surface area contributed by atoms with E-state index in [0.29, 0.717) is 11.6 Å². The number of nitrogens with one attached hydrogen (secondary N) is 1. The van der Waals surface area contributed by atoms with Crippen LogP contribution in [-0.2, 0) is 16.6 Å². The normalized spacial score (nSPS) is 11.6. The van der Waals surface area contributed by atoms with Crippen LogP contribution in [0.1, 0.15) is 17.0 Å². The van der Waals surface area contributed by atoms with Gasteiger partial charge in [-0.1, -0.05) is 11.2 Å². The van der Waals surface area contributed by atoms with Gasteiger partial charge < -0.3 is 9.26 Å². The van der Waals surface area contributed by atoms with Crippen LogP contribution in [0.5, 0.6) is 5.75 Å². The number of thiophene rings is 1. The SMILES string of the molecule is COc1cc(C)c(C)cc1S(=O)(=O)NCc1nc(-c2cccs2)no1. The highest BCUT2D eigenvalue weighted by Gasteiger charge is 2.21. The van der Waals surface area contributed by atoms with Gasteiger partial charge in [0.2, 0.25) is 21.7 Å². The smallest absolute Gasteiger partial charge is 0.244 e. The minimum Gasteiger partial charge on any atom is -0.495 e. The summed E-state index contributed by atoms with van der Waals surface area (Å²) in [6, 6.07) is 7.03. The van der Waals surface area contributed by atoms with Gasteiger partial charge in [0.05, 0.1) is 18.5 Å². The molecular weight excluding hydrogens is 362 g/mol. The molecule has 1 aromatic carbocycles. The maximum atomic E-state index is 12.6. The van der Waals surface area contributed by atoms with Crippen molar-refractivity contribution in [3.05, 3.63) is 46.7 Å². The van der Waals surface area contributed by atoms with Crippen molar-refractivity contribution in [3.63, 3.8) is 0 Å². The zero-order chi connectivity index (χ0) is 18.0. The van der Waals surface area contributed by atoms with Crippen molar-refractivity contribution in [3.8, 4) is 16.5 Å². The van der Waals surface area contributed by atoms with Crippen LogP contribution in [0, 0.1) is 13.8 Å². The quantitative estimate of drug-likeness (QED) is 0.708. The lowest BCUT2D eigenvalue weighted by molar-refractivity contribution is 0.375. The summed E-state index contributed by atoms with van der Waals surface area (Å²) in [7, 11) is -2.35. The summed E-state index contributed by atoms with van der Waals surface area (Å²) < 4.78 is 38.0. The second-order valence-corrected chi connectivity index (χ2v) is 8.08. The third-order valence-corrected chi connectivity index (χ3v) is 5.98. The standard InChI is InChI=1S/C16H17N3O4S2/c1-10-7-12(22-3)14(8-11(10)2)25(20,21)17-9-15-18-16(19-23-15)13-5-4-6-24-13/h4-8,17H,9H2,1-3H3. The first kappa shape index (κ1) is 17.6. The van der Waals surface area contributed by atoms with E-state index >= 15 is 0 Å². The summed E-state index contributed by atoms with van der Waals surface area (Å²) in [5.74, 6) is 0.920. The lowest BCUT2D eigenvalue weighted by Gasteiger charge is -2.12. The maximum Gasteiger partial charge on any atom is 0.244 e. The monoisotopic (exact) mass is 379 g/mol. The van der Waals surface area contributed by atoms with Gasteiger partial charge in [0, 0.05) is 0 Å². The van der Waals surface area contributed by atoms with Crippen LogP contribution >= 0.6 is 11.3 Å². The molecule has 0 aliphatic carbocycles. The fraction of sp³-hybridized carbons (Fsp3) is 0.250. The first-order chi connectivity index (χ1) is 11.9. The molecule has 0 unspecified atom stereocenters. The molecule has 0 aliphatic rings. The number of aryl methyl sites for hydroxylation is 2. The van der Waals surface area contributed by atoms with Crippen molar-refractivity contribution >= 4 is 21.4 Å². The Balaban J connectivity index is 1.80. The lowest BCUT2D eigenvalue weighted by atomic mass is 10.1. The molecule has 0 spiro atoms. The predicted octanol–water partition coefficient (Wildman–Crippen LogP) is 2.90. The molecule has 1 N–H and O–H groups in total. The summed E-state index contributed by atoms with van der Waals surface area (Å²) in [4.78, 5) is 5.13. The van der Waals surface area contributed by atoms with Crippen LogP contribution < -0.4 is 9.46 Å². The van der Waals surface area contributed by atoms with Crippen molar-refractivity contribution in [2.24, 2.45) is 0 Å². The second kappa shape index (κ2) is 6.95. The molecule has 0 saturated heterocycles. The molecule has 0 fully saturated rings. The third-order valence-electron chi connectivity index (χ3n) is 3.69. The van der Waals surface area contributed by atoms with Crippen molar-refractivity contribution in [2.75, 3.05) is 7.11 Å². The Hall–Kier alpha value is -2.23. The fourth-order valence-electron chi connectivity index (χ4n) is 2.20. The van der Waals surface area contributed by atoms with Gasteiger partial charge in [-0.3, -0.25) is 0 Å². The van der Waals surface area contributed by atoms with E-state index in [4.69, 9.17) is 9.26 Å². The number of hydrogen-bond acceptors (Lipinski definition) is 7. The number of rotatable bonds is 6. The Morgan fingerprint density at radius 1 is 1.28 bits per heavy atom. The van der Waals surface area contributed by atoms with Gasteiger partial charge in [-0.2, -0.15) is 4.98 Å². The van der Waals surface area contributed by atoms with Gasteiger partial charge in [0.15, 0.2) is 0 Å². The number of methoxy groups -OCH3 is 1.